The maximum absolute atomic E-state index is 9.51. The van der Waals surface area contributed by atoms with Gasteiger partial charge in [0.05, 0.1) is 30.4 Å². The molecule has 0 amide bonds. The molecule has 0 saturated carbocycles. The highest BCUT2D eigenvalue weighted by Gasteiger charge is 2.25. The summed E-state index contributed by atoms with van der Waals surface area (Å²) in [6.45, 7) is 7.54. The van der Waals surface area contributed by atoms with E-state index in [2.05, 4.69) is 34.2 Å². The molecule has 0 bridgehead atoms. The Labute approximate surface area is 209 Å². The van der Waals surface area contributed by atoms with Crippen molar-refractivity contribution in [2.75, 3.05) is 19.8 Å². The van der Waals surface area contributed by atoms with Gasteiger partial charge in [-0.1, -0.05) is 35.1 Å². The van der Waals surface area contributed by atoms with Gasteiger partial charge in [0.25, 0.3) is 0 Å². The van der Waals surface area contributed by atoms with Gasteiger partial charge in [0.1, 0.15) is 15.8 Å². The first kappa shape index (κ1) is 25.9. The van der Waals surface area contributed by atoms with E-state index in [0.29, 0.717) is 10.8 Å². The standard InChI is InChI=1S/C24H28ClN3O3S.ClH/c1-14(2)31-22-7-5-16(10-21(22)25)23-26-27-24(32-23)20-6-4-17-11-28(18(12-29)13-30)9-8-19(17)15(20)3;/h4-7,10,14,18,29-30H,8-9,11-13H2,1-3H3;1H. The van der Waals surface area contributed by atoms with Crippen LogP contribution in [0.5, 0.6) is 5.75 Å². The summed E-state index contributed by atoms with van der Waals surface area (Å²) < 4.78 is 5.72. The van der Waals surface area contributed by atoms with Crippen LogP contribution in [-0.2, 0) is 13.0 Å². The fourth-order valence-corrected chi connectivity index (χ4v) is 5.27. The lowest BCUT2D eigenvalue weighted by Gasteiger charge is -2.34. The summed E-state index contributed by atoms with van der Waals surface area (Å²) in [5, 5.41) is 30.1. The Morgan fingerprint density at radius 1 is 1.12 bits per heavy atom. The maximum Gasteiger partial charge on any atom is 0.148 e. The highest BCUT2D eigenvalue weighted by Crippen LogP contribution is 2.37. The Morgan fingerprint density at radius 2 is 1.85 bits per heavy atom. The van der Waals surface area contributed by atoms with E-state index in [1.54, 1.807) is 11.3 Å². The zero-order valence-corrected chi connectivity index (χ0v) is 21.3. The van der Waals surface area contributed by atoms with Crippen molar-refractivity contribution in [1.82, 2.24) is 15.1 Å². The molecular weight excluding hydrogens is 481 g/mol. The predicted molar refractivity (Wildman–Crippen MR) is 136 cm³/mol. The highest BCUT2D eigenvalue weighted by atomic mass is 35.5. The molecule has 0 aliphatic carbocycles. The van der Waals surface area contributed by atoms with Crippen molar-refractivity contribution >= 4 is 35.3 Å². The van der Waals surface area contributed by atoms with Gasteiger partial charge in [0, 0.05) is 24.2 Å². The van der Waals surface area contributed by atoms with Crippen LogP contribution >= 0.6 is 35.3 Å². The van der Waals surface area contributed by atoms with Gasteiger partial charge in [-0.3, -0.25) is 4.90 Å². The van der Waals surface area contributed by atoms with Crippen molar-refractivity contribution in [2.45, 2.75) is 45.9 Å². The van der Waals surface area contributed by atoms with E-state index in [4.69, 9.17) is 16.3 Å². The molecular formula is C24H29Cl2N3O3S. The zero-order chi connectivity index (χ0) is 22.8. The van der Waals surface area contributed by atoms with E-state index in [0.717, 1.165) is 40.7 Å². The Morgan fingerprint density at radius 3 is 2.52 bits per heavy atom. The fraction of sp³-hybridized carbons (Fsp3) is 0.417. The minimum Gasteiger partial charge on any atom is -0.489 e. The lowest BCUT2D eigenvalue weighted by molar-refractivity contribution is 0.0650. The van der Waals surface area contributed by atoms with Gasteiger partial charge in [-0.15, -0.1) is 22.6 Å². The van der Waals surface area contributed by atoms with Crippen molar-refractivity contribution in [3.63, 3.8) is 0 Å². The van der Waals surface area contributed by atoms with E-state index in [1.807, 2.05) is 32.0 Å². The van der Waals surface area contributed by atoms with Crippen LogP contribution in [0.2, 0.25) is 5.02 Å². The fourth-order valence-electron chi connectivity index (χ4n) is 4.13. The maximum atomic E-state index is 9.51. The van der Waals surface area contributed by atoms with Crippen LogP contribution in [0.3, 0.4) is 0 Å². The minimum absolute atomic E-state index is 0. The number of benzene rings is 2. The van der Waals surface area contributed by atoms with Gasteiger partial charge in [0.15, 0.2) is 0 Å². The number of fused-ring (bicyclic) bond motifs is 1. The summed E-state index contributed by atoms with van der Waals surface area (Å²) in [6.07, 6.45) is 0.938. The number of hydrogen-bond donors (Lipinski definition) is 2. The van der Waals surface area contributed by atoms with E-state index in [9.17, 15) is 10.2 Å². The number of aliphatic hydroxyl groups is 2. The second-order valence-electron chi connectivity index (χ2n) is 8.34. The number of nitrogens with zero attached hydrogens (tertiary/aromatic N) is 3. The first-order chi connectivity index (χ1) is 15.4. The van der Waals surface area contributed by atoms with Crippen molar-refractivity contribution in [1.29, 1.82) is 0 Å². The average Bonchev–Trinajstić information content (AvgIpc) is 3.26. The SMILES string of the molecule is Cc1c(-c2nnc(-c3ccc(OC(C)C)c(Cl)c3)s2)ccc2c1CCN(C(CO)CO)C2.Cl. The molecule has 0 spiro atoms. The largest absolute Gasteiger partial charge is 0.489 e. The molecule has 2 aromatic carbocycles. The van der Waals surface area contributed by atoms with Crippen molar-refractivity contribution in [3.8, 4) is 26.9 Å². The molecule has 0 radical (unpaired) electrons. The molecule has 33 heavy (non-hydrogen) atoms. The van der Waals surface area contributed by atoms with Crippen LogP contribution in [0.4, 0.5) is 0 Å². The number of ether oxygens (including phenoxy) is 1. The number of rotatable bonds is 7. The van der Waals surface area contributed by atoms with Gasteiger partial charge in [-0.2, -0.15) is 0 Å². The van der Waals surface area contributed by atoms with Crippen LogP contribution in [0.25, 0.3) is 21.1 Å². The summed E-state index contributed by atoms with van der Waals surface area (Å²) in [7, 11) is 0. The Bertz CT molecular complexity index is 1100. The van der Waals surface area contributed by atoms with E-state index in [1.165, 1.54) is 16.7 Å². The van der Waals surface area contributed by atoms with E-state index in [-0.39, 0.29) is 37.8 Å². The molecule has 0 saturated heterocycles. The van der Waals surface area contributed by atoms with E-state index < -0.39 is 0 Å². The second-order valence-corrected chi connectivity index (χ2v) is 9.72. The van der Waals surface area contributed by atoms with Crippen LogP contribution in [-0.4, -0.2) is 57.2 Å². The number of hydrogen-bond acceptors (Lipinski definition) is 7. The summed E-state index contributed by atoms with van der Waals surface area (Å²) in [4.78, 5) is 2.14. The third kappa shape index (κ3) is 5.50. The lowest BCUT2D eigenvalue weighted by atomic mass is 9.91. The molecule has 0 atom stereocenters. The third-order valence-corrected chi connectivity index (χ3v) is 7.15. The average molecular weight is 510 g/mol. The molecule has 6 nitrogen and oxygen atoms in total. The summed E-state index contributed by atoms with van der Waals surface area (Å²) in [6, 6.07) is 9.73. The van der Waals surface area contributed by atoms with Crippen molar-refractivity contribution < 1.29 is 14.9 Å². The third-order valence-electron chi connectivity index (χ3n) is 5.85. The van der Waals surface area contributed by atoms with Crippen LogP contribution in [0.15, 0.2) is 30.3 Å². The number of aliphatic hydroxyl groups excluding tert-OH is 2. The van der Waals surface area contributed by atoms with Gasteiger partial charge in [-0.25, -0.2) is 0 Å². The molecule has 0 unspecified atom stereocenters. The first-order valence-electron chi connectivity index (χ1n) is 10.8. The van der Waals surface area contributed by atoms with Gasteiger partial charge >= 0.3 is 0 Å². The molecule has 0 fully saturated rings. The van der Waals surface area contributed by atoms with Crippen LogP contribution in [0.1, 0.15) is 30.5 Å². The second kappa shape index (κ2) is 11.1. The van der Waals surface area contributed by atoms with Crippen molar-refractivity contribution in [2.24, 2.45) is 0 Å². The minimum atomic E-state index is -0.210. The van der Waals surface area contributed by atoms with Crippen LogP contribution in [0, 0.1) is 6.92 Å². The monoisotopic (exact) mass is 509 g/mol. The Hall–Kier alpha value is -1.74. The summed E-state index contributed by atoms with van der Waals surface area (Å²) >= 11 is 7.95. The zero-order valence-electron chi connectivity index (χ0n) is 18.9. The van der Waals surface area contributed by atoms with E-state index >= 15 is 0 Å². The molecule has 1 aliphatic rings. The lowest BCUT2D eigenvalue weighted by Crippen LogP contribution is -2.43. The van der Waals surface area contributed by atoms with Gasteiger partial charge in [-0.05, 0) is 62.1 Å². The molecule has 4 rings (SSSR count). The highest BCUT2D eigenvalue weighted by molar-refractivity contribution is 7.17. The summed E-state index contributed by atoms with van der Waals surface area (Å²) in [5.74, 6) is 0.666. The molecule has 1 aromatic heterocycles. The van der Waals surface area contributed by atoms with Crippen LogP contribution < -0.4 is 4.74 Å². The van der Waals surface area contributed by atoms with Crippen molar-refractivity contribution in [3.05, 3.63) is 52.0 Å². The molecule has 178 valence electrons. The summed E-state index contributed by atoms with van der Waals surface area (Å²) in [5.41, 5.74) is 5.78. The molecule has 1 aliphatic heterocycles. The predicted octanol–water partition coefficient (Wildman–Crippen LogP) is 4.75. The molecule has 2 N–H and O–H groups in total. The van der Waals surface area contributed by atoms with Gasteiger partial charge < -0.3 is 14.9 Å². The number of aromatic nitrogens is 2. The Balaban J connectivity index is 0.00000306. The molecule has 9 heteroatoms. The Kier molecular flexibility index (Phi) is 8.72. The van der Waals surface area contributed by atoms with Gasteiger partial charge in [0.2, 0.25) is 0 Å². The topological polar surface area (TPSA) is 78.7 Å². The smallest absolute Gasteiger partial charge is 0.148 e. The normalized spacial score (nSPS) is 13.8. The number of halogens is 2. The quantitative estimate of drug-likeness (QED) is 0.478. The molecule has 2 heterocycles. The molecule has 3 aromatic rings. The first-order valence-corrected chi connectivity index (χ1v) is 12.0.